The first kappa shape index (κ1) is 14.2. The van der Waals surface area contributed by atoms with Crippen molar-refractivity contribution in [1.29, 1.82) is 0 Å². The summed E-state index contributed by atoms with van der Waals surface area (Å²) in [5.41, 5.74) is 1.77. The first-order chi connectivity index (χ1) is 9.50. The summed E-state index contributed by atoms with van der Waals surface area (Å²) in [4.78, 5) is 4.50. The Morgan fingerprint density at radius 1 is 1.30 bits per heavy atom. The van der Waals surface area contributed by atoms with E-state index >= 15 is 0 Å². The van der Waals surface area contributed by atoms with Gasteiger partial charge in [0.1, 0.15) is 15.7 Å². The minimum absolute atomic E-state index is 0.137. The summed E-state index contributed by atoms with van der Waals surface area (Å²) in [6.07, 6.45) is 1.22. The Morgan fingerprint density at radius 3 is 2.65 bits per heavy atom. The third-order valence-electron chi connectivity index (χ3n) is 3.73. The van der Waals surface area contributed by atoms with Crippen LogP contribution in [0.4, 0.5) is 0 Å². The van der Waals surface area contributed by atoms with E-state index in [2.05, 4.69) is 9.55 Å². The molecule has 4 nitrogen and oxygen atoms in total. The van der Waals surface area contributed by atoms with Crippen LogP contribution in [-0.4, -0.2) is 29.5 Å². The number of fused-ring (bicyclic) bond motifs is 1. The monoisotopic (exact) mass is 332 g/mol. The van der Waals surface area contributed by atoms with Crippen LogP contribution in [0.25, 0.3) is 11.0 Å². The summed E-state index contributed by atoms with van der Waals surface area (Å²) in [6, 6.07) is 5.69. The summed E-state index contributed by atoms with van der Waals surface area (Å²) < 4.78 is 25.2. The van der Waals surface area contributed by atoms with Gasteiger partial charge in [-0.2, -0.15) is 0 Å². The molecule has 108 valence electrons. The van der Waals surface area contributed by atoms with E-state index in [-0.39, 0.29) is 17.5 Å². The van der Waals surface area contributed by atoms with Gasteiger partial charge in [-0.1, -0.05) is 11.6 Å². The molecule has 1 fully saturated rings. The van der Waals surface area contributed by atoms with Crippen LogP contribution in [0.3, 0.4) is 0 Å². The Balaban J connectivity index is 2.06. The fraction of sp³-hybridized carbons (Fsp3) is 0.462. The molecule has 20 heavy (non-hydrogen) atoms. The van der Waals surface area contributed by atoms with E-state index in [4.69, 9.17) is 23.2 Å². The van der Waals surface area contributed by atoms with Crippen LogP contribution < -0.4 is 0 Å². The van der Waals surface area contributed by atoms with Crippen molar-refractivity contribution in [1.82, 2.24) is 9.55 Å². The van der Waals surface area contributed by atoms with Crippen LogP contribution >= 0.6 is 23.2 Å². The zero-order chi connectivity index (χ0) is 14.3. The largest absolute Gasteiger partial charge is 0.324 e. The van der Waals surface area contributed by atoms with Crippen molar-refractivity contribution < 1.29 is 8.42 Å². The van der Waals surface area contributed by atoms with Crippen LogP contribution in [0.5, 0.6) is 0 Å². The number of aromatic nitrogens is 2. The van der Waals surface area contributed by atoms with E-state index in [1.165, 1.54) is 0 Å². The standard InChI is InChI=1S/C13H14Cl2N2O2S/c14-8-13-16-11-7-9(15)1-2-12(11)17(13)10-3-5-20(18,19)6-4-10/h1-2,7,10H,3-6,8H2. The van der Waals surface area contributed by atoms with Gasteiger partial charge in [0.2, 0.25) is 0 Å². The number of nitrogens with zero attached hydrogens (tertiary/aromatic N) is 2. The molecule has 2 heterocycles. The van der Waals surface area contributed by atoms with Gasteiger partial charge in [-0.3, -0.25) is 0 Å². The van der Waals surface area contributed by atoms with Crippen molar-refractivity contribution in [3.63, 3.8) is 0 Å². The maximum absolute atomic E-state index is 11.6. The third kappa shape index (κ3) is 2.54. The molecule has 1 aromatic carbocycles. The Hall–Kier alpha value is -0.780. The van der Waals surface area contributed by atoms with E-state index in [0.717, 1.165) is 16.9 Å². The second-order valence-corrected chi connectivity index (χ2v) is 8.06. The number of hydrogen-bond acceptors (Lipinski definition) is 3. The number of halogens is 2. The minimum atomic E-state index is -2.87. The minimum Gasteiger partial charge on any atom is -0.324 e. The molecule has 0 unspecified atom stereocenters. The maximum Gasteiger partial charge on any atom is 0.150 e. The molecule has 1 aliphatic heterocycles. The number of sulfone groups is 1. The number of rotatable bonds is 2. The average molecular weight is 333 g/mol. The highest BCUT2D eigenvalue weighted by atomic mass is 35.5. The summed E-state index contributed by atoms with van der Waals surface area (Å²) in [7, 11) is -2.87. The summed E-state index contributed by atoms with van der Waals surface area (Å²) >= 11 is 12.0. The fourth-order valence-corrected chi connectivity index (χ4v) is 4.58. The van der Waals surface area contributed by atoms with Gasteiger partial charge >= 0.3 is 0 Å². The van der Waals surface area contributed by atoms with Crippen LogP contribution in [0, 0.1) is 0 Å². The average Bonchev–Trinajstić information content (AvgIpc) is 2.76. The maximum atomic E-state index is 11.6. The van der Waals surface area contributed by atoms with Crippen LogP contribution in [-0.2, 0) is 15.7 Å². The van der Waals surface area contributed by atoms with Gasteiger partial charge in [0.15, 0.2) is 0 Å². The van der Waals surface area contributed by atoms with Gasteiger partial charge in [0.25, 0.3) is 0 Å². The van der Waals surface area contributed by atoms with Crippen molar-refractivity contribution in [3.8, 4) is 0 Å². The van der Waals surface area contributed by atoms with Crippen LogP contribution in [0.15, 0.2) is 18.2 Å². The lowest BCUT2D eigenvalue weighted by Crippen LogP contribution is -2.26. The molecular weight excluding hydrogens is 319 g/mol. The lowest BCUT2D eigenvalue weighted by Gasteiger charge is -2.25. The van der Waals surface area contributed by atoms with E-state index in [0.29, 0.717) is 23.7 Å². The SMILES string of the molecule is O=S1(=O)CCC(n2c(CCl)nc3cc(Cl)ccc32)CC1. The van der Waals surface area contributed by atoms with Gasteiger partial charge in [-0.25, -0.2) is 13.4 Å². The molecule has 0 bridgehead atoms. The van der Waals surface area contributed by atoms with Crippen molar-refractivity contribution >= 4 is 44.1 Å². The molecule has 0 saturated carbocycles. The lowest BCUT2D eigenvalue weighted by atomic mass is 10.1. The fourth-order valence-electron chi connectivity index (χ4n) is 2.76. The molecule has 0 amide bonds. The van der Waals surface area contributed by atoms with Crippen LogP contribution in [0.2, 0.25) is 5.02 Å². The predicted molar refractivity (Wildman–Crippen MR) is 81.2 cm³/mol. The molecule has 0 aliphatic carbocycles. The summed E-state index contributed by atoms with van der Waals surface area (Å²) in [5, 5.41) is 0.634. The molecule has 1 aliphatic rings. The second kappa shape index (κ2) is 5.20. The molecular formula is C13H14Cl2N2O2S. The summed E-state index contributed by atoms with van der Waals surface area (Å²) in [6.45, 7) is 0. The molecule has 1 saturated heterocycles. The van der Waals surface area contributed by atoms with Crippen molar-refractivity contribution in [3.05, 3.63) is 29.0 Å². The normalized spacial score (nSPS) is 19.5. The Kier molecular flexibility index (Phi) is 3.69. The van der Waals surface area contributed by atoms with Gasteiger partial charge < -0.3 is 4.57 Å². The van der Waals surface area contributed by atoms with Crippen molar-refractivity contribution in [2.24, 2.45) is 0 Å². The summed E-state index contributed by atoms with van der Waals surface area (Å²) in [5.74, 6) is 1.53. The highest BCUT2D eigenvalue weighted by Gasteiger charge is 2.27. The van der Waals surface area contributed by atoms with Gasteiger partial charge in [-0.15, -0.1) is 11.6 Å². The van der Waals surface area contributed by atoms with E-state index in [9.17, 15) is 8.42 Å². The first-order valence-electron chi connectivity index (χ1n) is 6.43. The number of benzene rings is 1. The molecule has 0 radical (unpaired) electrons. The highest BCUT2D eigenvalue weighted by molar-refractivity contribution is 7.91. The molecule has 3 rings (SSSR count). The predicted octanol–water partition coefficient (Wildman–Crippen LogP) is 3.18. The molecule has 0 atom stereocenters. The lowest BCUT2D eigenvalue weighted by molar-refractivity contribution is 0.450. The quantitative estimate of drug-likeness (QED) is 0.793. The Bertz CT molecular complexity index is 741. The van der Waals surface area contributed by atoms with E-state index in [1.807, 2.05) is 18.2 Å². The molecule has 1 aromatic heterocycles. The Labute approximate surface area is 127 Å². The van der Waals surface area contributed by atoms with Gasteiger partial charge in [0.05, 0.1) is 28.4 Å². The van der Waals surface area contributed by atoms with Gasteiger partial charge in [-0.05, 0) is 31.0 Å². The zero-order valence-electron chi connectivity index (χ0n) is 10.7. The van der Waals surface area contributed by atoms with Crippen LogP contribution in [0.1, 0.15) is 24.7 Å². The van der Waals surface area contributed by atoms with E-state index in [1.54, 1.807) is 0 Å². The van der Waals surface area contributed by atoms with Crippen molar-refractivity contribution in [2.45, 2.75) is 24.8 Å². The van der Waals surface area contributed by atoms with E-state index < -0.39 is 9.84 Å². The molecule has 0 spiro atoms. The zero-order valence-corrected chi connectivity index (χ0v) is 13.0. The third-order valence-corrected chi connectivity index (χ3v) is 5.92. The van der Waals surface area contributed by atoms with Crippen molar-refractivity contribution in [2.75, 3.05) is 11.5 Å². The topological polar surface area (TPSA) is 52.0 Å². The first-order valence-corrected chi connectivity index (χ1v) is 9.16. The van der Waals surface area contributed by atoms with Gasteiger partial charge in [0, 0.05) is 11.1 Å². The molecule has 7 heteroatoms. The number of alkyl halides is 1. The molecule has 0 N–H and O–H groups in total. The highest BCUT2D eigenvalue weighted by Crippen LogP contribution is 2.31. The number of imidazole rings is 1. The molecule has 2 aromatic rings. The number of hydrogen-bond donors (Lipinski definition) is 0. The second-order valence-electron chi connectivity index (χ2n) is 5.05. The smallest absolute Gasteiger partial charge is 0.150 e. The Morgan fingerprint density at radius 2 is 2.00 bits per heavy atom.